The van der Waals surface area contributed by atoms with Crippen LogP contribution in [0.4, 0.5) is 11.6 Å². The van der Waals surface area contributed by atoms with Gasteiger partial charge in [-0.1, -0.05) is 19.9 Å². The van der Waals surface area contributed by atoms with E-state index in [0.29, 0.717) is 31.7 Å². The summed E-state index contributed by atoms with van der Waals surface area (Å²) in [5, 5.41) is 8.98. The Morgan fingerprint density at radius 1 is 1.18 bits per heavy atom. The molecule has 3 heterocycles. The Labute approximate surface area is 223 Å². The summed E-state index contributed by atoms with van der Waals surface area (Å²) >= 11 is 0. The summed E-state index contributed by atoms with van der Waals surface area (Å²) in [5.41, 5.74) is 10.9. The Morgan fingerprint density at radius 3 is 2.84 bits per heavy atom. The molecule has 0 saturated heterocycles. The summed E-state index contributed by atoms with van der Waals surface area (Å²) in [7, 11) is -3.88. The number of nitrogens with zero attached hydrogens (tertiary/aromatic N) is 4. The van der Waals surface area contributed by atoms with Crippen LogP contribution in [0.5, 0.6) is 5.75 Å². The van der Waals surface area contributed by atoms with Crippen molar-refractivity contribution in [3.8, 4) is 16.9 Å². The smallest absolute Gasteiger partial charge is 0.244 e. The predicted octanol–water partition coefficient (Wildman–Crippen LogP) is 2.70. The van der Waals surface area contributed by atoms with Gasteiger partial charge in [0, 0.05) is 48.3 Å². The quantitative estimate of drug-likeness (QED) is 0.387. The normalized spacial score (nSPS) is 16.8. The number of pyridine rings is 1. The summed E-state index contributed by atoms with van der Waals surface area (Å²) in [6, 6.07) is 7.35. The minimum Gasteiger partial charge on any atom is -0.491 e. The van der Waals surface area contributed by atoms with E-state index in [4.69, 9.17) is 20.6 Å². The average Bonchev–Trinajstić information content (AvgIpc) is 3.10. The number of sulfonamides is 1. The van der Waals surface area contributed by atoms with E-state index in [1.165, 1.54) is 11.6 Å². The molecule has 0 bridgehead atoms. The molecule has 38 heavy (non-hydrogen) atoms. The number of aromatic nitrogens is 3. The maximum absolute atomic E-state index is 12.8. The van der Waals surface area contributed by atoms with Crippen LogP contribution in [-0.2, 0) is 29.4 Å². The first kappa shape index (κ1) is 26.3. The molecule has 0 fully saturated rings. The molecule has 0 spiro atoms. The van der Waals surface area contributed by atoms with Crippen molar-refractivity contribution in [2.75, 3.05) is 36.9 Å². The second kappa shape index (κ2) is 10.5. The molecule has 2 aromatic heterocycles. The van der Waals surface area contributed by atoms with Gasteiger partial charge in [0.05, 0.1) is 6.54 Å². The SMILES string of the molecule is CC1(C)CCc2ncnc(N3CCOc4ccc(-c5cnc(N)c(S(=O)(=O)NCCCO)c5)cc4C3)c2C1. The number of hydrogen-bond donors (Lipinski definition) is 3. The van der Waals surface area contributed by atoms with Crippen LogP contribution in [0.15, 0.2) is 41.7 Å². The first-order chi connectivity index (χ1) is 18.2. The third-order valence-electron chi connectivity index (χ3n) is 7.18. The Morgan fingerprint density at radius 2 is 2.03 bits per heavy atom. The standard InChI is InChI=1S/C27H34N6O4S/c1-27(2)7-6-22-21(14-27)26(31-17-30-22)33-9-11-37-23-5-4-18(12-20(23)16-33)19-13-24(25(28)29-15-19)38(35,36)32-8-3-10-34/h4-5,12-13,15,17,32,34H,3,6-11,14,16H2,1-2H3,(H2,28,29). The predicted molar refractivity (Wildman–Crippen MR) is 145 cm³/mol. The molecule has 11 heteroatoms. The average molecular weight is 539 g/mol. The second-order valence-electron chi connectivity index (χ2n) is 10.6. The highest BCUT2D eigenvalue weighted by atomic mass is 32.2. The molecule has 5 rings (SSSR count). The summed E-state index contributed by atoms with van der Waals surface area (Å²) < 4.78 is 34.1. The Hall–Kier alpha value is -3.28. The van der Waals surface area contributed by atoms with E-state index in [9.17, 15) is 8.42 Å². The molecule has 0 unspecified atom stereocenters. The largest absolute Gasteiger partial charge is 0.491 e. The molecule has 10 nitrogen and oxygen atoms in total. The Balaban J connectivity index is 1.46. The topological polar surface area (TPSA) is 144 Å². The highest BCUT2D eigenvalue weighted by molar-refractivity contribution is 7.89. The number of aliphatic hydroxyl groups is 1. The molecule has 4 N–H and O–H groups in total. The van der Waals surface area contributed by atoms with E-state index in [2.05, 4.69) is 33.4 Å². The zero-order valence-electron chi connectivity index (χ0n) is 21.8. The van der Waals surface area contributed by atoms with Gasteiger partial charge < -0.3 is 20.5 Å². The van der Waals surface area contributed by atoms with Gasteiger partial charge in [0.2, 0.25) is 10.0 Å². The van der Waals surface area contributed by atoms with E-state index in [1.54, 1.807) is 12.5 Å². The van der Waals surface area contributed by atoms with Crippen molar-refractivity contribution < 1.29 is 18.3 Å². The van der Waals surface area contributed by atoms with Crippen LogP contribution in [0.25, 0.3) is 11.1 Å². The molecule has 0 radical (unpaired) electrons. The van der Waals surface area contributed by atoms with Gasteiger partial charge in [-0.05, 0) is 54.9 Å². The van der Waals surface area contributed by atoms with Crippen LogP contribution < -0.4 is 20.1 Å². The van der Waals surface area contributed by atoms with Crippen molar-refractivity contribution in [2.45, 2.75) is 51.0 Å². The maximum atomic E-state index is 12.8. The lowest BCUT2D eigenvalue weighted by Crippen LogP contribution is -2.31. The number of hydrogen-bond acceptors (Lipinski definition) is 9. The van der Waals surface area contributed by atoms with Crippen molar-refractivity contribution in [3.05, 3.63) is 53.6 Å². The number of nitrogens with two attached hydrogens (primary N) is 1. The van der Waals surface area contributed by atoms with E-state index < -0.39 is 10.0 Å². The zero-order valence-corrected chi connectivity index (χ0v) is 22.6. The Kier molecular flexibility index (Phi) is 7.26. The first-order valence-electron chi connectivity index (χ1n) is 12.9. The molecule has 0 saturated carbocycles. The van der Waals surface area contributed by atoms with E-state index in [0.717, 1.165) is 47.7 Å². The molecule has 2 aliphatic rings. The highest BCUT2D eigenvalue weighted by Gasteiger charge is 2.30. The van der Waals surface area contributed by atoms with Crippen molar-refractivity contribution in [3.63, 3.8) is 0 Å². The number of benzene rings is 1. The van der Waals surface area contributed by atoms with Crippen molar-refractivity contribution >= 4 is 21.7 Å². The Bertz CT molecular complexity index is 1440. The summed E-state index contributed by atoms with van der Waals surface area (Å²) in [4.78, 5) is 15.6. The molecule has 0 amide bonds. The van der Waals surface area contributed by atoms with Gasteiger partial charge >= 0.3 is 0 Å². The van der Waals surface area contributed by atoms with E-state index >= 15 is 0 Å². The number of nitrogens with one attached hydrogen (secondary N) is 1. The summed E-state index contributed by atoms with van der Waals surface area (Å²) in [6.07, 6.45) is 6.53. The molecule has 0 atom stereocenters. The summed E-state index contributed by atoms with van der Waals surface area (Å²) in [5.74, 6) is 1.67. The first-order valence-corrected chi connectivity index (χ1v) is 14.3. The zero-order chi connectivity index (χ0) is 26.9. The lowest BCUT2D eigenvalue weighted by molar-refractivity contribution is 0.289. The van der Waals surface area contributed by atoms with E-state index in [1.807, 2.05) is 18.2 Å². The molecular formula is C27H34N6O4S. The van der Waals surface area contributed by atoms with Crippen LogP contribution in [0.2, 0.25) is 0 Å². The number of anilines is 2. The molecule has 1 aliphatic heterocycles. The molecule has 1 aromatic carbocycles. The van der Waals surface area contributed by atoms with Crippen molar-refractivity contribution in [2.24, 2.45) is 5.41 Å². The number of fused-ring (bicyclic) bond motifs is 2. The number of ether oxygens (including phenoxy) is 1. The monoisotopic (exact) mass is 538 g/mol. The van der Waals surface area contributed by atoms with Crippen molar-refractivity contribution in [1.29, 1.82) is 0 Å². The summed E-state index contributed by atoms with van der Waals surface area (Å²) in [6.45, 7) is 6.40. The van der Waals surface area contributed by atoms with Gasteiger partial charge in [-0.25, -0.2) is 28.1 Å². The van der Waals surface area contributed by atoms with E-state index in [-0.39, 0.29) is 29.3 Å². The van der Waals surface area contributed by atoms with Crippen LogP contribution in [0.1, 0.15) is 43.5 Å². The van der Waals surface area contributed by atoms with Crippen LogP contribution >= 0.6 is 0 Å². The maximum Gasteiger partial charge on any atom is 0.244 e. The third kappa shape index (κ3) is 5.45. The van der Waals surface area contributed by atoms with Crippen LogP contribution in [-0.4, -0.2) is 54.8 Å². The van der Waals surface area contributed by atoms with Crippen molar-refractivity contribution in [1.82, 2.24) is 19.7 Å². The fourth-order valence-electron chi connectivity index (χ4n) is 5.08. The minimum atomic E-state index is -3.88. The van der Waals surface area contributed by atoms with Crippen LogP contribution in [0, 0.1) is 5.41 Å². The third-order valence-corrected chi connectivity index (χ3v) is 8.67. The van der Waals surface area contributed by atoms with Gasteiger partial charge in [0.1, 0.15) is 35.2 Å². The number of nitrogen functional groups attached to an aromatic ring is 1. The highest BCUT2D eigenvalue weighted by Crippen LogP contribution is 2.39. The van der Waals surface area contributed by atoms with Crippen LogP contribution in [0.3, 0.4) is 0 Å². The molecule has 1 aliphatic carbocycles. The fourth-order valence-corrected chi connectivity index (χ4v) is 6.26. The second-order valence-corrected chi connectivity index (χ2v) is 12.4. The minimum absolute atomic E-state index is 0.0778. The lowest BCUT2D eigenvalue weighted by atomic mass is 9.76. The van der Waals surface area contributed by atoms with Gasteiger partial charge in [-0.15, -0.1) is 0 Å². The van der Waals surface area contributed by atoms with Gasteiger partial charge in [0.25, 0.3) is 0 Å². The van der Waals surface area contributed by atoms with Gasteiger partial charge in [-0.2, -0.15) is 0 Å². The molecular weight excluding hydrogens is 504 g/mol. The number of aryl methyl sites for hydroxylation is 1. The molecule has 3 aromatic rings. The lowest BCUT2D eigenvalue weighted by Gasteiger charge is -2.33. The van der Waals surface area contributed by atoms with Gasteiger partial charge in [-0.3, -0.25) is 0 Å². The molecule has 202 valence electrons. The fraction of sp³-hybridized carbons (Fsp3) is 0.444. The number of rotatable bonds is 7. The number of aliphatic hydroxyl groups excluding tert-OH is 1. The van der Waals surface area contributed by atoms with Gasteiger partial charge in [0.15, 0.2) is 0 Å².